The number of amides is 2. The lowest BCUT2D eigenvalue weighted by Gasteiger charge is -2.09. The molecule has 7 heteroatoms. The molecule has 0 aliphatic heterocycles. The normalized spacial score (nSPS) is 10.6. The molecule has 4 rings (SSSR count). The van der Waals surface area contributed by atoms with E-state index in [9.17, 15) is 9.59 Å². The molecule has 4 aromatic rings. The molecule has 0 fully saturated rings. The van der Waals surface area contributed by atoms with Crippen LogP contribution in [0.2, 0.25) is 5.02 Å². The van der Waals surface area contributed by atoms with Gasteiger partial charge in [-0.2, -0.15) is 0 Å². The van der Waals surface area contributed by atoms with Crippen molar-refractivity contribution < 1.29 is 9.59 Å². The maximum absolute atomic E-state index is 12.9. The summed E-state index contributed by atoms with van der Waals surface area (Å²) in [6, 6.07) is 18.6. The van der Waals surface area contributed by atoms with Crippen molar-refractivity contribution in [1.29, 1.82) is 0 Å². The number of halogens is 1. The number of aromatic nitrogens is 2. The van der Waals surface area contributed by atoms with Gasteiger partial charge in [0.15, 0.2) is 0 Å². The molecular formula is C21H15ClN4O2. The van der Waals surface area contributed by atoms with Gasteiger partial charge in [0, 0.05) is 39.7 Å². The van der Waals surface area contributed by atoms with Crippen molar-refractivity contribution in [3.05, 3.63) is 89.7 Å². The molecule has 0 saturated carbocycles. The van der Waals surface area contributed by atoms with Gasteiger partial charge in [0.25, 0.3) is 5.91 Å². The average Bonchev–Trinajstić information content (AvgIpc) is 3.13. The third kappa shape index (κ3) is 3.72. The number of pyridine rings is 1. The summed E-state index contributed by atoms with van der Waals surface area (Å²) in [4.78, 5) is 29.3. The number of hydrogen-bond acceptors (Lipinski definition) is 3. The van der Waals surface area contributed by atoms with Crippen molar-refractivity contribution in [1.82, 2.24) is 9.55 Å². The number of rotatable bonds is 3. The van der Waals surface area contributed by atoms with Gasteiger partial charge in [0.05, 0.1) is 0 Å². The minimum Gasteiger partial charge on any atom is -0.308 e. The predicted molar refractivity (Wildman–Crippen MR) is 110 cm³/mol. The number of fused-ring (bicyclic) bond motifs is 1. The van der Waals surface area contributed by atoms with E-state index in [-0.39, 0.29) is 5.91 Å². The fourth-order valence-electron chi connectivity index (χ4n) is 2.83. The first-order valence-electron chi connectivity index (χ1n) is 8.50. The molecule has 0 aliphatic carbocycles. The third-order valence-corrected chi connectivity index (χ3v) is 4.39. The molecule has 0 spiro atoms. The van der Waals surface area contributed by atoms with E-state index >= 15 is 0 Å². The number of nitrogens with one attached hydrogen (secondary N) is 2. The maximum atomic E-state index is 12.9. The van der Waals surface area contributed by atoms with Gasteiger partial charge in [-0.1, -0.05) is 17.7 Å². The molecule has 6 nitrogen and oxygen atoms in total. The van der Waals surface area contributed by atoms with E-state index in [0.717, 1.165) is 5.39 Å². The summed E-state index contributed by atoms with van der Waals surface area (Å²) in [5, 5.41) is 6.90. The molecule has 2 heterocycles. The highest BCUT2D eigenvalue weighted by Gasteiger charge is 2.13. The first-order valence-corrected chi connectivity index (χ1v) is 8.88. The Morgan fingerprint density at radius 2 is 1.68 bits per heavy atom. The monoisotopic (exact) mass is 390 g/mol. The van der Waals surface area contributed by atoms with Gasteiger partial charge in [-0.25, -0.2) is 9.78 Å². The Kier molecular flexibility index (Phi) is 4.78. The SMILES string of the molecule is O=C(Nc1ccc(Cl)cc1)Nc1cccc(C(=O)n2ccc3cccnc32)c1. The second-order valence-electron chi connectivity index (χ2n) is 6.07. The highest BCUT2D eigenvalue weighted by Crippen LogP contribution is 2.18. The van der Waals surface area contributed by atoms with E-state index in [4.69, 9.17) is 11.6 Å². The highest BCUT2D eigenvalue weighted by atomic mass is 35.5. The Bertz CT molecular complexity index is 1170. The molecule has 2 aromatic carbocycles. The topological polar surface area (TPSA) is 76.0 Å². The van der Waals surface area contributed by atoms with Gasteiger partial charge < -0.3 is 10.6 Å². The van der Waals surface area contributed by atoms with Crippen LogP contribution in [0.25, 0.3) is 11.0 Å². The minimum atomic E-state index is -0.417. The summed E-state index contributed by atoms with van der Waals surface area (Å²) in [5.74, 6) is -0.226. The van der Waals surface area contributed by atoms with Gasteiger partial charge in [0.1, 0.15) is 5.65 Å². The molecule has 2 amide bonds. The summed E-state index contributed by atoms with van der Waals surface area (Å²) in [6.45, 7) is 0. The maximum Gasteiger partial charge on any atom is 0.323 e. The van der Waals surface area contributed by atoms with Crippen molar-refractivity contribution in [2.75, 3.05) is 10.6 Å². The van der Waals surface area contributed by atoms with E-state index in [2.05, 4.69) is 15.6 Å². The van der Waals surface area contributed by atoms with E-state index < -0.39 is 6.03 Å². The molecule has 0 saturated heterocycles. The number of nitrogens with zero attached hydrogens (tertiary/aromatic N) is 2. The van der Waals surface area contributed by atoms with Crippen LogP contribution in [-0.4, -0.2) is 21.5 Å². The molecule has 2 N–H and O–H groups in total. The number of carbonyl (C=O) groups is 2. The molecule has 0 aliphatic rings. The Labute approximate surface area is 165 Å². The predicted octanol–water partition coefficient (Wildman–Crippen LogP) is 5.02. The van der Waals surface area contributed by atoms with Gasteiger partial charge in [0.2, 0.25) is 0 Å². The van der Waals surface area contributed by atoms with E-state index in [1.807, 2.05) is 18.2 Å². The Morgan fingerprint density at radius 3 is 2.50 bits per heavy atom. The fraction of sp³-hybridized carbons (Fsp3) is 0. The first kappa shape index (κ1) is 17.8. The molecule has 0 atom stereocenters. The molecule has 28 heavy (non-hydrogen) atoms. The molecule has 138 valence electrons. The van der Waals surface area contributed by atoms with Crippen LogP contribution in [-0.2, 0) is 0 Å². The first-order chi connectivity index (χ1) is 13.6. The molecule has 0 unspecified atom stereocenters. The number of anilines is 2. The Hall–Kier alpha value is -3.64. The zero-order chi connectivity index (χ0) is 19.5. The van der Waals surface area contributed by atoms with Crippen LogP contribution >= 0.6 is 11.6 Å². The van der Waals surface area contributed by atoms with Crippen LogP contribution in [0.15, 0.2) is 79.1 Å². The Balaban J connectivity index is 1.51. The van der Waals surface area contributed by atoms with Gasteiger partial charge in [-0.05, 0) is 60.7 Å². The number of hydrogen-bond donors (Lipinski definition) is 2. The number of benzene rings is 2. The quantitative estimate of drug-likeness (QED) is 0.515. The van der Waals surface area contributed by atoms with Gasteiger partial charge in [-0.15, -0.1) is 0 Å². The van der Waals surface area contributed by atoms with E-state index in [0.29, 0.717) is 27.6 Å². The second kappa shape index (κ2) is 7.54. The number of urea groups is 1. The van der Waals surface area contributed by atoms with Crippen molar-refractivity contribution in [2.24, 2.45) is 0 Å². The van der Waals surface area contributed by atoms with Crippen molar-refractivity contribution in [3.63, 3.8) is 0 Å². The van der Waals surface area contributed by atoms with E-state index in [1.54, 1.807) is 60.9 Å². The molecule has 0 bridgehead atoms. The van der Waals surface area contributed by atoms with Crippen LogP contribution in [0.1, 0.15) is 10.4 Å². The van der Waals surface area contributed by atoms with Gasteiger partial charge in [-0.3, -0.25) is 9.36 Å². The minimum absolute atomic E-state index is 0.226. The van der Waals surface area contributed by atoms with Crippen LogP contribution in [0.3, 0.4) is 0 Å². The average molecular weight is 391 g/mol. The molecule has 0 radical (unpaired) electrons. The van der Waals surface area contributed by atoms with Crippen LogP contribution in [0.4, 0.5) is 16.2 Å². The summed E-state index contributed by atoms with van der Waals surface area (Å²) in [5.41, 5.74) is 2.14. The summed E-state index contributed by atoms with van der Waals surface area (Å²) < 4.78 is 1.49. The zero-order valence-corrected chi connectivity index (χ0v) is 15.4. The van der Waals surface area contributed by atoms with E-state index in [1.165, 1.54) is 4.57 Å². The highest BCUT2D eigenvalue weighted by molar-refractivity contribution is 6.30. The third-order valence-electron chi connectivity index (χ3n) is 4.14. The van der Waals surface area contributed by atoms with Crippen LogP contribution in [0, 0.1) is 0 Å². The second-order valence-corrected chi connectivity index (χ2v) is 6.51. The fourth-order valence-corrected chi connectivity index (χ4v) is 2.95. The van der Waals surface area contributed by atoms with Crippen molar-refractivity contribution in [3.8, 4) is 0 Å². The summed E-state index contributed by atoms with van der Waals surface area (Å²) >= 11 is 5.84. The van der Waals surface area contributed by atoms with Crippen molar-refractivity contribution >= 4 is 45.9 Å². The van der Waals surface area contributed by atoms with Crippen LogP contribution in [0.5, 0.6) is 0 Å². The lowest BCUT2D eigenvalue weighted by Crippen LogP contribution is -2.20. The van der Waals surface area contributed by atoms with Gasteiger partial charge >= 0.3 is 6.03 Å². The largest absolute Gasteiger partial charge is 0.323 e. The zero-order valence-electron chi connectivity index (χ0n) is 14.6. The lowest BCUT2D eigenvalue weighted by atomic mass is 10.2. The number of carbonyl (C=O) groups excluding carboxylic acids is 2. The standard InChI is InChI=1S/C21H15ClN4O2/c22-16-6-8-17(9-7-16)24-21(28)25-18-5-1-3-15(13-18)20(27)26-12-10-14-4-2-11-23-19(14)26/h1-13H,(H2,24,25,28). The summed E-state index contributed by atoms with van der Waals surface area (Å²) in [7, 11) is 0. The Morgan fingerprint density at radius 1 is 0.893 bits per heavy atom. The lowest BCUT2D eigenvalue weighted by molar-refractivity contribution is 0.0964. The smallest absolute Gasteiger partial charge is 0.308 e. The van der Waals surface area contributed by atoms with Crippen LogP contribution < -0.4 is 10.6 Å². The molecule has 2 aromatic heterocycles. The van der Waals surface area contributed by atoms with Crippen molar-refractivity contribution in [2.45, 2.75) is 0 Å². The molecular weight excluding hydrogens is 376 g/mol. The summed E-state index contributed by atoms with van der Waals surface area (Å²) in [6.07, 6.45) is 3.33.